The molecule has 1 aromatic rings. The first-order valence-electron chi connectivity index (χ1n) is 5.55. The molecule has 0 saturated heterocycles. The second-order valence-electron chi connectivity index (χ2n) is 4.85. The van der Waals surface area contributed by atoms with E-state index in [9.17, 15) is 9.90 Å². The van der Waals surface area contributed by atoms with Crippen LogP contribution in [-0.2, 0) is 16.1 Å². The van der Waals surface area contributed by atoms with Crippen molar-refractivity contribution >= 4 is 5.91 Å². The number of benzene rings is 1. The molecular formula is C13H19NO3. The zero-order valence-corrected chi connectivity index (χ0v) is 10.5. The molecule has 0 bridgehead atoms. The minimum Gasteiger partial charge on any atom is -0.508 e. The predicted molar refractivity (Wildman–Crippen MR) is 65.7 cm³/mol. The Balaban J connectivity index is 2.33. The Morgan fingerprint density at radius 2 is 2.12 bits per heavy atom. The maximum atomic E-state index is 11.4. The lowest BCUT2D eigenvalue weighted by molar-refractivity contribution is -0.130. The highest BCUT2D eigenvalue weighted by Gasteiger charge is 2.12. The fourth-order valence-corrected chi connectivity index (χ4v) is 1.20. The minimum absolute atomic E-state index is 0.0440. The lowest BCUT2D eigenvalue weighted by Gasteiger charge is -2.18. The van der Waals surface area contributed by atoms with Crippen molar-refractivity contribution in [3.8, 4) is 5.75 Å². The molecule has 17 heavy (non-hydrogen) atoms. The molecule has 2 N–H and O–H groups in total. The number of rotatable bonds is 4. The lowest BCUT2D eigenvalue weighted by atomic mass is 10.2. The highest BCUT2D eigenvalue weighted by atomic mass is 16.5. The van der Waals surface area contributed by atoms with Crippen LogP contribution in [0.25, 0.3) is 0 Å². The van der Waals surface area contributed by atoms with Gasteiger partial charge >= 0.3 is 0 Å². The van der Waals surface area contributed by atoms with Gasteiger partial charge in [-0.3, -0.25) is 4.79 Å². The number of phenolic OH excluding ortho intramolecular Hbond substituents is 1. The Kier molecular flexibility index (Phi) is 4.52. The van der Waals surface area contributed by atoms with Gasteiger partial charge in [-0.1, -0.05) is 12.1 Å². The van der Waals surface area contributed by atoms with Crippen molar-refractivity contribution in [2.24, 2.45) is 0 Å². The van der Waals surface area contributed by atoms with Crippen molar-refractivity contribution in [3.63, 3.8) is 0 Å². The SMILES string of the molecule is CC(C)(C)OCC(=O)NCc1cccc(O)c1. The Morgan fingerprint density at radius 1 is 1.41 bits per heavy atom. The van der Waals surface area contributed by atoms with Gasteiger partial charge in [-0.2, -0.15) is 0 Å². The summed E-state index contributed by atoms with van der Waals surface area (Å²) in [5.74, 6) is 0.0333. The molecule has 0 aliphatic heterocycles. The summed E-state index contributed by atoms with van der Waals surface area (Å²) in [6.07, 6.45) is 0. The van der Waals surface area contributed by atoms with Gasteiger partial charge in [0.1, 0.15) is 12.4 Å². The van der Waals surface area contributed by atoms with Gasteiger partial charge in [0.2, 0.25) is 5.91 Å². The molecule has 1 aromatic carbocycles. The minimum atomic E-state index is -0.317. The van der Waals surface area contributed by atoms with Crippen LogP contribution in [0, 0.1) is 0 Å². The summed E-state index contributed by atoms with van der Waals surface area (Å²) in [5, 5.41) is 12.0. The smallest absolute Gasteiger partial charge is 0.246 e. The van der Waals surface area contributed by atoms with Crippen molar-refractivity contribution in [2.75, 3.05) is 6.61 Å². The second kappa shape index (κ2) is 5.68. The van der Waals surface area contributed by atoms with E-state index in [1.54, 1.807) is 18.2 Å². The van der Waals surface area contributed by atoms with Crippen molar-refractivity contribution in [1.29, 1.82) is 0 Å². The van der Waals surface area contributed by atoms with Gasteiger partial charge in [0.25, 0.3) is 0 Å². The summed E-state index contributed by atoms with van der Waals surface area (Å²) in [7, 11) is 0. The molecule has 0 spiro atoms. The normalized spacial score (nSPS) is 11.2. The van der Waals surface area contributed by atoms with Crippen molar-refractivity contribution in [2.45, 2.75) is 32.9 Å². The van der Waals surface area contributed by atoms with Gasteiger partial charge in [-0.15, -0.1) is 0 Å². The van der Waals surface area contributed by atoms with E-state index in [1.165, 1.54) is 0 Å². The molecule has 4 nitrogen and oxygen atoms in total. The Labute approximate surface area is 102 Å². The average molecular weight is 237 g/mol. The van der Waals surface area contributed by atoms with Gasteiger partial charge in [-0.25, -0.2) is 0 Å². The molecule has 0 heterocycles. The monoisotopic (exact) mass is 237 g/mol. The molecule has 0 aliphatic carbocycles. The molecule has 94 valence electrons. The van der Waals surface area contributed by atoms with Gasteiger partial charge in [0.15, 0.2) is 0 Å². The summed E-state index contributed by atoms with van der Waals surface area (Å²) in [6, 6.07) is 6.78. The van der Waals surface area contributed by atoms with Crippen LogP contribution >= 0.6 is 0 Å². The number of phenols is 1. The van der Waals surface area contributed by atoms with Gasteiger partial charge in [0.05, 0.1) is 5.60 Å². The van der Waals surface area contributed by atoms with Gasteiger partial charge in [0, 0.05) is 6.54 Å². The van der Waals surface area contributed by atoms with Crippen LogP contribution in [0.3, 0.4) is 0 Å². The van der Waals surface area contributed by atoms with Crippen LogP contribution in [0.1, 0.15) is 26.3 Å². The zero-order valence-electron chi connectivity index (χ0n) is 10.5. The first kappa shape index (κ1) is 13.5. The van der Waals surface area contributed by atoms with Crippen molar-refractivity contribution in [1.82, 2.24) is 5.32 Å². The first-order chi connectivity index (χ1) is 7.87. The van der Waals surface area contributed by atoms with E-state index in [4.69, 9.17) is 4.74 Å². The van der Waals surface area contributed by atoms with Crippen LogP contribution in [0.15, 0.2) is 24.3 Å². The number of ether oxygens (including phenoxy) is 1. The number of aromatic hydroxyl groups is 1. The van der Waals surface area contributed by atoms with Crippen LogP contribution in [-0.4, -0.2) is 23.2 Å². The summed E-state index contributed by atoms with van der Waals surface area (Å²) in [4.78, 5) is 11.4. The molecule has 1 rings (SSSR count). The molecule has 1 amide bonds. The van der Waals surface area contributed by atoms with Gasteiger partial charge in [-0.05, 0) is 38.5 Å². The summed E-state index contributed by atoms with van der Waals surface area (Å²) in [5.41, 5.74) is 0.539. The number of nitrogens with one attached hydrogen (secondary N) is 1. The molecule has 0 aromatic heterocycles. The molecule has 0 radical (unpaired) electrons. The lowest BCUT2D eigenvalue weighted by Crippen LogP contribution is -2.31. The molecule has 0 atom stereocenters. The molecular weight excluding hydrogens is 218 g/mol. The largest absolute Gasteiger partial charge is 0.508 e. The summed E-state index contributed by atoms with van der Waals surface area (Å²) < 4.78 is 5.34. The highest BCUT2D eigenvalue weighted by molar-refractivity contribution is 5.77. The third-order valence-corrected chi connectivity index (χ3v) is 2.04. The van der Waals surface area contributed by atoms with Crippen LogP contribution < -0.4 is 5.32 Å². The maximum Gasteiger partial charge on any atom is 0.246 e. The van der Waals surface area contributed by atoms with E-state index >= 15 is 0 Å². The third kappa shape index (κ3) is 5.92. The van der Waals surface area contributed by atoms with Crippen LogP contribution in [0.4, 0.5) is 0 Å². The second-order valence-corrected chi connectivity index (χ2v) is 4.85. The Hall–Kier alpha value is -1.55. The van der Waals surface area contributed by atoms with Crippen molar-refractivity contribution in [3.05, 3.63) is 29.8 Å². The van der Waals surface area contributed by atoms with E-state index < -0.39 is 0 Å². The van der Waals surface area contributed by atoms with Crippen LogP contribution in [0.2, 0.25) is 0 Å². The fourth-order valence-electron chi connectivity index (χ4n) is 1.20. The quantitative estimate of drug-likeness (QED) is 0.839. The topological polar surface area (TPSA) is 58.6 Å². The van der Waals surface area contributed by atoms with Gasteiger partial charge < -0.3 is 15.2 Å². The molecule has 0 unspecified atom stereocenters. The van der Waals surface area contributed by atoms with Crippen molar-refractivity contribution < 1.29 is 14.6 Å². The van der Waals surface area contributed by atoms with E-state index in [0.29, 0.717) is 6.54 Å². The fraction of sp³-hybridized carbons (Fsp3) is 0.462. The summed E-state index contributed by atoms with van der Waals surface area (Å²) in [6.45, 7) is 6.13. The molecule has 0 saturated carbocycles. The Bertz CT molecular complexity index is 382. The number of amides is 1. The Morgan fingerprint density at radius 3 is 2.71 bits per heavy atom. The molecule has 4 heteroatoms. The molecule has 0 fully saturated rings. The van der Waals surface area contributed by atoms with E-state index in [2.05, 4.69) is 5.32 Å². The maximum absolute atomic E-state index is 11.4. The molecule has 0 aliphatic rings. The zero-order chi connectivity index (χ0) is 12.9. The first-order valence-corrected chi connectivity index (χ1v) is 5.55. The summed E-state index contributed by atoms with van der Waals surface area (Å²) >= 11 is 0. The van der Waals surface area contributed by atoms with Crippen LogP contribution in [0.5, 0.6) is 5.75 Å². The highest BCUT2D eigenvalue weighted by Crippen LogP contribution is 2.10. The predicted octanol–water partition coefficient (Wildman–Crippen LogP) is 1.82. The number of hydrogen-bond donors (Lipinski definition) is 2. The number of carbonyl (C=O) groups is 1. The standard InChI is InChI=1S/C13H19NO3/c1-13(2,3)17-9-12(16)14-8-10-5-4-6-11(15)7-10/h4-7,15H,8-9H2,1-3H3,(H,14,16). The third-order valence-electron chi connectivity index (χ3n) is 2.04. The number of carbonyl (C=O) groups excluding carboxylic acids is 1. The van der Waals surface area contributed by atoms with E-state index in [1.807, 2.05) is 26.8 Å². The average Bonchev–Trinajstić information content (AvgIpc) is 2.23. The number of hydrogen-bond acceptors (Lipinski definition) is 3. The van der Waals surface area contributed by atoms with E-state index in [-0.39, 0.29) is 23.9 Å². The van der Waals surface area contributed by atoms with E-state index in [0.717, 1.165) is 5.56 Å².